The zero-order valence-corrected chi connectivity index (χ0v) is 25.8. The number of fused-ring (bicyclic) bond motifs is 11. The average Bonchev–Trinajstić information content (AvgIpc) is 3.50. The third-order valence-electron chi connectivity index (χ3n) is 10.8. The maximum Gasteiger partial charge on any atom is 0.0784 e. The van der Waals surface area contributed by atoms with E-state index in [1.165, 1.54) is 77.0 Å². The fourth-order valence-electron chi connectivity index (χ4n) is 9.15. The molecule has 0 spiro atoms. The Morgan fingerprint density at radius 1 is 0.558 bits per heavy atom. The van der Waals surface area contributed by atoms with Gasteiger partial charge in [-0.2, -0.15) is 0 Å². The van der Waals surface area contributed by atoms with E-state index in [1.54, 1.807) is 0 Å². The Kier molecular flexibility index (Phi) is 4.63. The third kappa shape index (κ3) is 3.11. The molecule has 210 valence electrons. The molecule has 7 aromatic rings. The number of hydrogen-bond acceptors (Lipinski definition) is 1. The van der Waals surface area contributed by atoms with E-state index in [0.29, 0.717) is 0 Å². The van der Waals surface area contributed by atoms with Gasteiger partial charge in [0.15, 0.2) is 0 Å². The van der Waals surface area contributed by atoms with Crippen LogP contribution < -0.4 is 0 Å². The van der Waals surface area contributed by atoms with Gasteiger partial charge in [-0.05, 0) is 74.9 Å². The molecule has 0 fully saturated rings. The highest BCUT2D eigenvalue weighted by Gasteiger charge is 2.43. The van der Waals surface area contributed by atoms with Gasteiger partial charge in [0, 0.05) is 38.5 Å². The van der Waals surface area contributed by atoms with E-state index < -0.39 is 0 Å². The summed E-state index contributed by atoms with van der Waals surface area (Å²) in [6.45, 7) is 14.3. The molecule has 0 radical (unpaired) electrons. The SMILES string of the molecule is CC1(C)CC(C)(C)c2c1cnc1c2ccc2c(-n3c4ccccc4c4cc5c(cc43)C(C)(C)c3ccccc3-5)cccc21. The van der Waals surface area contributed by atoms with Crippen molar-refractivity contribution in [3.63, 3.8) is 0 Å². The minimum atomic E-state index is -0.0543. The van der Waals surface area contributed by atoms with E-state index in [1.807, 2.05) is 0 Å². The Morgan fingerprint density at radius 3 is 2.16 bits per heavy atom. The predicted octanol–water partition coefficient (Wildman–Crippen LogP) is 10.8. The van der Waals surface area contributed by atoms with Crippen molar-refractivity contribution < 1.29 is 0 Å². The second-order valence-electron chi connectivity index (χ2n) is 14.8. The van der Waals surface area contributed by atoms with Crippen molar-refractivity contribution in [1.82, 2.24) is 9.55 Å². The van der Waals surface area contributed by atoms with Gasteiger partial charge < -0.3 is 4.57 Å². The van der Waals surface area contributed by atoms with E-state index in [0.717, 1.165) is 11.9 Å². The smallest absolute Gasteiger partial charge is 0.0784 e. The van der Waals surface area contributed by atoms with Gasteiger partial charge in [0.05, 0.1) is 22.2 Å². The summed E-state index contributed by atoms with van der Waals surface area (Å²) in [4.78, 5) is 5.17. The zero-order chi connectivity index (χ0) is 29.5. The molecule has 0 N–H and O–H groups in total. The lowest BCUT2D eigenvalue weighted by atomic mass is 9.81. The molecule has 0 unspecified atom stereocenters. The van der Waals surface area contributed by atoms with Crippen molar-refractivity contribution >= 4 is 43.5 Å². The summed E-state index contributed by atoms with van der Waals surface area (Å²) in [5.74, 6) is 0. The first-order valence-corrected chi connectivity index (χ1v) is 15.6. The third-order valence-corrected chi connectivity index (χ3v) is 10.8. The molecule has 43 heavy (non-hydrogen) atoms. The van der Waals surface area contributed by atoms with Crippen LogP contribution in [-0.2, 0) is 16.2 Å². The number of para-hydroxylation sites is 1. The van der Waals surface area contributed by atoms with E-state index in [-0.39, 0.29) is 16.2 Å². The molecule has 0 aliphatic heterocycles. The number of rotatable bonds is 1. The summed E-state index contributed by atoms with van der Waals surface area (Å²) in [6.07, 6.45) is 3.31. The van der Waals surface area contributed by atoms with Gasteiger partial charge in [-0.3, -0.25) is 4.98 Å². The Labute approximate surface area is 253 Å². The van der Waals surface area contributed by atoms with Crippen LogP contribution in [0.3, 0.4) is 0 Å². The van der Waals surface area contributed by atoms with Crippen LogP contribution in [0.1, 0.15) is 70.2 Å². The number of aromatic nitrogens is 2. The normalized spacial score (nSPS) is 17.5. The van der Waals surface area contributed by atoms with E-state index in [4.69, 9.17) is 4.98 Å². The quantitative estimate of drug-likeness (QED) is 0.184. The summed E-state index contributed by atoms with van der Waals surface area (Å²) in [7, 11) is 0. The number of hydrogen-bond donors (Lipinski definition) is 0. The Bertz CT molecular complexity index is 2340. The molecule has 2 nitrogen and oxygen atoms in total. The standard InChI is InChI=1S/C41H36N2/c1-39(2)23-40(3,4)37-28-19-18-26-27(38(28)42-22-33(37)39)14-11-17-35(26)43-34-16-10-8-13-25(34)30-20-29-24-12-7-9-15-31(24)41(5,6)32(29)21-36(30)43/h7-22H,23H2,1-6H3. The molecular weight excluding hydrogens is 520 g/mol. The molecule has 0 bridgehead atoms. The molecule has 0 saturated heterocycles. The van der Waals surface area contributed by atoms with Gasteiger partial charge in [0.25, 0.3) is 0 Å². The van der Waals surface area contributed by atoms with Crippen LogP contribution in [0.5, 0.6) is 0 Å². The van der Waals surface area contributed by atoms with E-state index in [9.17, 15) is 0 Å². The lowest BCUT2D eigenvalue weighted by Crippen LogP contribution is -2.18. The molecule has 2 aromatic heterocycles. The van der Waals surface area contributed by atoms with Crippen LogP contribution in [0.4, 0.5) is 0 Å². The van der Waals surface area contributed by atoms with Gasteiger partial charge in [-0.15, -0.1) is 0 Å². The maximum atomic E-state index is 5.17. The second kappa shape index (κ2) is 7.94. The molecule has 9 rings (SSSR count). The summed E-state index contributed by atoms with van der Waals surface area (Å²) < 4.78 is 2.50. The van der Waals surface area contributed by atoms with Crippen LogP contribution >= 0.6 is 0 Å². The van der Waals surface area contributed by atoms with Crippen molar-refractivity contribution in [2.75, 3.05) is 0 Å². The van der Waals surface area contributed by atoms with Crippen LogP contribution in [0.15, 0.2) is 97.2 Å². The van der Waals surface area contributed by atoms with Crippen molar-refractivity contribution in [3.8, 4) is 16.8 Å². The van der Waals surface area contributed by atoms with Crippen LogP contribution in [0.25, 0.3) is 60.3 Å². The largest absolute Gasteiger partial charge is 0.309 e. The Balaban J connectivity index is 1.37. The molecule has 0 atom stereocenters. The number of benzene rings is 5. The van der Waals surface area contributed by atoms with Gasteiger partial charge in [-0.25, -0.2) is 0 Å². The maximum absolute atomic E-state index is 5.17. The van der Waals surface area contributed by atoms with E-state index >= 15 is 0 Å². The molecule has 2 heteroatoms. The monoisotopic (exact) mass is 556 g/mol. The number of nitrogens with zero attached hydrogens (tertiary/aromatic N) is 2. The lowest BCUT2D eigenvalue weighted by Gasteiger charge is -2.23. The highest BCUT2D eigenvalue weighted by atomic mass is 15.0. The van der Waals surface area contributed by atoms with Gasteiger partial charge >= 0.3 is 0 Å². The predicted molar refractivity (Wildman–Crippen MR) is 182 cm³/mol. The topological polar surface area (TPSA) is 17.8 Å². The number of pyridine rings is 1. The fourth-order valence-corrected chi connectivity index (χ4v) is 9.15. The first-order chi connectivity index (χ1) is 20.6. The van der Waals surface area contributed by atoms with Crippen LogP contribution in [-0.4, -0.2) is 9.55 Å². The summed E-state index contributed by atoms with van der Waals surface area (Å²) in [5, 5.41) is 6.36. The minimum Gasteiger partial charge on any atom is -0.309 e. The molecule has 0 saturated carbocycles. The van der Waals surface area contributed by atoms with Crippen LogP contribution in [0.2, 0.25) is 0 Å². The molecule has 5 aromatic carbocycles. The average molecular weight is 557 g/mol. The first-order valence-electron chi connectivity index (χ1n) is 15.6. The van der Waals surface area contributed by atoms with Crippen LogP contribution in [0, 0.1) is 0 Å². The molecule has 2 aliphatic rings. The van der Waals surface area contributed by atoms with Gasteiger partial charge in [0.2, 0.25) is 0 Å². The highest BCUT2D eigenvalue weighted by molar-refractivity contribution is 6.15. The van der Waals surface area contributed by atoms with Crippen molar-refractivity contribution in [2.24, 2.45) is 0 Å². The first kappa shape index (κ1) is 25.1. The van der Waals surface area contributed by atoms with Crippen molar-refractivity contribution in [2.45, 2.75) is 64.2 Å². The summed E-state index contributed by atoms with van der Waals surface area (Å²) >= 11 is 0. The second-order valence-corrected chi connectivity index (χ2v) is 14.8. The Morgan fingerprint density at radius 2 is 1.30 bits per heavy atom. The van der Waals surface area contributed by atoms with Gasteiger partial charge in [-0.1, -0.05) is 108 Å². The zero-order valence-electron chi connectivity index (χ0n) is 25.8. The Hall–Kier alpha value is -4.43. The van der Waals surface area contributed by atoms with E-state index in [2.05, 4.69) is 143 Å². The summed E-state index contributed by atoms with van der Waals surface area (Å²) in [5.41, 5.74) is 13.4. The fraction of sp³-hybridized carbons (Fsp3) is 0.244. The molecule has 2 heterocycles. The molecular formula is C41H36N2. The molecule has 0 amide bonds. The minimum absolute atomic E-state index is 0.0543. The van der Waals surface area contributed by atoms with Crippen molar-refractivity contribution in [1.29, 1.82) is 0 Å². The summed E-state index contributed by atoms with van der Waals surface area (Å²) in [6, 6.07) is 34.2. The highest BCUT2D eigenvalue weighted by Crippen LogP contribution is 2.53. The van der Waals surface area contributed by atoms with Crippen molar-refractivity contribution in [3.05, 3.63) is 119 Å². The van der Waals surface area contributed by atoms with Gasteiger partial charge in [0.1, 0.15) is 0 Å². The molecule has 2 aliphatic carbocycles. The lowest BCUT2D eigenvalue weighted by molar-refractivity contribution is 0.404.